The Labute approximate surface area is 48.8 Å². The van der Waals surface area contributed by atoms with Gasteiger partial charge < -0.3 is 5.11 Å². The molecule has 0 aliphatic rings. The van der Waals surface area contributed by atoms with Gasteiger partial charge in [-0.05, 0) is 13.0 Å². The number of carbonyl (C=O) groups excluding carboxylic acids is 1. The van der Waals surface area contributed by atoms with Gasteiger partial charge in [-0.2, -0.15) is 0 Å². The fourth-order valence-corrected chi connectivity index (χ4v) is 0.342. The number of rotatable bonds is 2. The molecule has 2 nitrogen and oxygen atoms in total. The molecule has 0 heterocycles. The first-order valence-corrected chi connectivity index (χ1v) is 2.60. The van der Waals surface area contributed by atoms with E-state index in [1.807, 2.05) is 0 Å². The number of ketones is 1. The van der Waals surface area contributed by atoms with E-state index in [9.17, 15) is 4.79 Å². The molecular formula is C6H10O2. The van der Waals surface area contributed by atoms with Crippen molar-refractivity contribution in [2.45, 2.75) is 20.3 Å². The molecule has 1 N–H and O–H groups in total. The molecule has 0 spiro atoms. The lowest BCUT2D eigenvalue weighted by molar-refractivity contribution is -0.117. The van der Waals surface area contributed by atoms with Crippen molar-refractivity contribution in [3.05, 3.63) is 11.8 Å². The van der Waals surface area contributed by atoms with Crippen LogP contribution in [0.25, 0.3) is 0 Å². The number of allylic oxidation sites excluding steroid dienone is 2. The summed E-state index contributed by atoms with van der Waals surface area (Å²) < 4.78 is 0. The first-order valence-electron chi connectivity index (χ1n) is 2.60. The maximum absolute atomic E-state index is 10.4. The molecule has 0 aromatic heterocycles. The van der Waals surface area contributed by atoms with Crippen molar-refractivity contribution in [1.82, 2.24) is 0 Å². The Kier molecular flexibility index (Phi) is 2.92. The molecule has 0 radical (unpaired) electrons. The number of hydrogen-bond donors (Lipinski definition) is 1. The zero-order chi connectivity index (χ0) is 6.57. The quantitative estimate of drug-likeness (QED) is 0.435. The molecule has 0 aromatic rings. The monoisotopic (exact) mass is 114 g/mol. The first kappa shape index (κ1) is 7.21. The summed E-state index contributed by atoms with van der Waals surface area (Å²) in [6, 6.07) is 0. The van der Waals surface area contributed by atoms with Crippen LogP contribution in [0.3, 0.4) is 0 Å². The van der Waals surface area contributed by atoms with Gasteiger partial charge in [-0.1, -0.05) is 6.92 Å². The first-order chi connectivity index (χ1) is 3.72. The van der Waals surface area contributed by atoms with Crippen molar-refractivity contribution in [3.63, 3.8) is 0 Å². The second-order valence-electron chi connectivity index (χ2n) is 1.45. The topological polar surface area (TPSA) is 37.3 Å². The van der Waals surface area contributed by atoms with Crippen LogP contribution in [0.4, 0.5) is 0 Å². The van der Waals surface area contributed by atoms with Gasteiger partial charge in [-0.25, -0.2) is 0 Å². The SMILES string of the molecule is C/C=C(\O)C(=O)CC. The molecule has 0 saturated carbocycles. The summed E-state index contributed by atoms with van der Waals surface area (Å²) in [5.74, 6) is -0.333. The highest BCUT2D eigenvalue weighted by atomic mass is 16.3. The predicted molar refractivity (Wildman–Crippen MR) is 31.7 cm³/mol. The maximum Gasteiger partial charge on any atom is 0.196 e. The minimum absolute atomic E-state index is 0.132. The number of Topliss-reactive ketones (excluding diaryl/α,β-unsaturated/α-hetero) is 1. The third kappa shape index (κ3) is 1.78. The lowest BCUT2D eigenvalue weighted by Gasteiger charge is -1.90. The molecular weight excluding hydrogens is 104 g/mol. The Balaban J connectivity index is 3.83. The standard InChI is InChI=1S/C6H10O2/c1-3-5(7)6(8)4-2/h3,7H,4H2,1-2H3/b5-3-. The van der Waals surface area contributed by atoms with Crippen LogP contribution in [-0.2, 0) is 4.79 Å². The van der Waals surface area contributed by atoms with Gasteiger partial charge in [-0.15, -0.1) is 0 Å². The maximum atomic E-state index is 10.4. The van der Waals surface area contributed by atoms with E-state index < -0.39 is 0 Å². The molecule has 0 saturated heterocycles. The van der Waals surface area contributed by atoms with Crippen molar-refractivity contribution in [3.8, 4) is 0 Å². The summed E-state index contributed by atoms with van der Waals surface area (Å²) in [5, 5.41) is 8.64. The molecule has 0 atom stereocenters. The summed E-state index contributed by atoms with van der Waals surface area (Å²) in [6.07, 6.45) is 1.77. The molecule has 0 aliphatic carbocycles. The molecule has 0 rings (SSSR count). The van der Waals surface area contributed by atoms with E-state index >= 15 is 0 Å². The average molecular weight is 114 g/mol. The van der Waals surface area contributed by atoms with Crippen LogP contribution in [0, 0.1) is 0 Å². The van der Waals surface area contributed by atoms with Crippen LogP contribution in [0.2, 0.25) is 0 Å². The molecule has 0 aliphatic heterocycles. The summed E-state index contributed by atoms with van der Waals surface area (Å²) in [5.41, 5.74) is 0. The van der Waals surface area contributed by atoms with Crippen molar-refractivity contribution in [2.24, 2.45) is 0 Å². The molecule has 0 unspecified atom stereocenters. The molecule has 0 fully saturated rings. The van der Waals surface area contributed by atoms with E-state index in [-0.39, 0.29) is 11.5 Å². The number of aliphatic hydroxyl groups is 1. The van der Waals surface area contributed by atoms with Crippen molar-refractivity contribution < 1.29 is 9.90 Å². The summed E-state index contributed by atoms with van der Waals surface area (Å²) in [6.45, 7) is 3.34. The summed E-state index contributed by atoms with van der Waals surface area (Å²) in [4.78, 5) is 10.4. The largest absolute Gasteiger partial charge is 0.505 e. The fraction of sp³-hybridized carbons (Fsp3) is 0.500. The Morgan fingerprint density at radius 1 is 1.75 bits per heavy atom. The van der Waals surface area contributed by atoms with Crippen molar-refractivity contribution >= 4 is 5.78 Å². The third-order valence-electron chi connectivity index (χ3n) is 0.880. The average Bonchev–Trinajstić information content (AvgIpc) is 1.84. The van der Waals surface area contributed by atoms with E-state index in [2.05, 4.69) is 0 Å². The molecule has 8 heavy (non-hydrogen) atoms. The van der Waals surface area contributed by atoms with Crippen LogP contribution >= 0.6 is 0 Å². The van der Waals surface area contributed by atoms with Crippen LogP contribution in [-0.4, -0.2) is 10.9 Å². The second kappa shape index (κ2) is 3.24. The minimum atomic E-state index is -0.201. The molecule has 2 heteroatoms. The van der Waals surface area contributed by atoms with E-state index in [4.69, 9.17) is 5.11 Å². The molecule has 0 aromatic carbocycles. The Bertz CT molecular complexity index is 114. The molecule has 0 amide bonds. The lowest BCUT2D eigenvalue weighted by atomic mass is 10.2. The lowest BCUT2D eigenvalue weighted by Crippen LogP contribution is -1.97. The van der Waals surface area contributed by atoms with Crippen molar-refractivity contribution in [2.75, 3.05) is 0 Å². The van der Waals surface area contributed by atoms with Gasteiger partial charge in [0.2, 0.25) is 0 Å². The smallest absolute Gasteiger partial charge is 0.196 e. The summed E-state index contributed by atoms with van der Waals surface area (Å²) in [7, 11) is 0. The highest BCUT2D eigenvalue weighted by Gasteiger charge is 1.99. The van der Waals surface area contributed by atoms with Crippen molar-refractivity contribution in [1.29, 1.82) is 0 Å². The van der Waals surface area contributed by atoms with Crippen LogP contribution in [0.5, 0.6) is 0 Å². The zero-order valence-corrected chi connectivity index (χ0v) is 5.14. The van der Waals surface area contributed by atoms with E-state index in [1.54, 1.807) is 13.8 Å². The van der Waals surface area contributed by atoms with Gasteiger partial charge >= 0.3 is 0 Å². The van der Waals surface area contributed by atoms with Gasteiger partial charge in [0.1, 0.15) is 0 Å². The second-order valence-corrected chi connectivity index (χ2v) is 1.45. The number of carbonyl (C=O) groups is 1. The van der Waals surface area contributed by atoms with Gasteiger partial charge in [0.15, 0.2) is 11.5 Å². The normalized spacial score (nSPS) is 11.5. The molecule has 46 valence electrons. The van der Waals surface area contributed by atoms with Crippen LogP contribution in [0.15, 0.2) is 11.8 Å². The van der Waals surface area contributed by atoms with Gasteiger partial charge in [0.05, 0.1) is 0 Å². The zero-order valence-electron chi connectivity index (χ0n) is 5.14. The Hall–Kier alpha value is -0.790. The third-order valence-corrected chi connectivity index (χ3v) is 0.880. The fourth-order valence-electron chi connectivity index (χ4n) is 0.342. The Morgan fingerprint density at radius 3 is 2.38 bits per heavy atom. The van der Waals surface area contributed by atoms with Gasteiger partial charge in [0, 0.05) is 6.42 Å². The molecule has 0 bridgehead atoms. The van der Waals surface area contributed by atoms with E-state index in [1.165, 1.54) is 6.08 Å². The highest BCUT2D eigenvalue weighted by Crippen LogP contribution is 1.92. The van der Waals surface area contributed by atoms with Gasteiger partial charge in [0.25, 0.3) is 0 Å². The number of hydrogen-bond acceptors (Lipinski definition) is 2. The number of aliphatic hydroxyl groups excluding tert-OH is 1. The minimum Gasteiger partial charge on any atom is -0.505 e. The predicted octanol–water partition coefficient (Wildman–Crippen LogP) is 1.43. The van der Waals surface area contributed by atoms with Crippen LogP contribution < -0.4 is 0 Å². The highest BCUT2D eigenvalue weighted by molar-refractivity contribution is 5.92. The Morgan fingerprint density at radius 2 is 2.25 bits per heavy atom. The van der Waals surface area contributed by atoms with E-state index in [0.29, 0.717) is 6.42 Å². The van der Waals surface area contributed by atoms with Crippen LogP contribution in [0.1, 0.15) is 20.3 Å². The van der Waals surface area contributed by atoms with E-state index in [0.717, 1.165) is 0 Å². The summed E-state index contributed by atoms with van der Waals surface area (Å²) >= 11 is 0. The van der Waals surface area contributed by atoms with Gasteiger partial charge in [-0.3, -0.25) is 4.79 Å².